The normalized spacial score (nSPS) is 11.7. The second kappa shape index (κ2) is 5.79. The van der Waals surface area contributed by atoms with E-state index in [9.17, 15) is 13.6 Å². The number of benzene rings is 1. The smallest absolute Gasteiger partial charge is 0.271 e. The molecular weight excluding hydrogens is 334 g/mol. The molecule has 20 heavy (non-hydrogen) atoms. The van der Waals surface area contributed by atoms with E-state index in [1.165, 1.54) is 6.20 Å². The van der Waals surface area contributed by atoms with E-state index < -0.39 is 23.6 Å². The number of nitrogens with zero attached hydrogens (tertiary/aromatic N) is 2. The summed E-state index contributed by atoms with van der Waals surface area (Å²) in [6, 6.07) is 3.29. The average molecular weight is 341 g/mol. The van der Waals surface area contributed by atoms with Crippen LogP contribution in [-0.2, 0) is 0 Å². The molecule has 0 saturated carbocycles. The van der Waals surface area contributed by atoms with Crippen molar-refractivity contribution in [3.8, 4) is 6.07 Å². The minimum atomic E-state index is -1.24. The van der Waals surface area contributed by atoms with E-state index in [0.29, 0.717) is 10.5 Å². The van der Waals surface area contributed by atoms with Crippen LogP contribution in [0.4, 0.5) is 8.78 Å². The van der Waals surface area contributed by atoms with Gasteiger partial charge in [-0.3, -0.25) is 9.89 Å². The fourth-order valence-electron chi connectivity index (χ4n) is 1.55. The van der Waals surface area contributed by atoms with Gasteiger partial charge < -0.3 is 5.32 Å². The zero-order valence-corrected chi connectivity index (χ0v) is 11.4. The lowest BCUT2D eigenvalue weighted by atomic mass is 10.1. The first-order valence-electron chi connectivity index (χ1n) is 5.37. The zero-order valence-electron chi connectivity index (χ0n) is 9.82. The summed E-state index contributed by atoms with van der Waals surface area (Å²) in [6.07, 6.45) is 1.37. The summed E-state index contributed by atoms with van der Waals surface area (Å²) in [5.74, 6) is -2.30. The summed E-state index contributed by atoms with van der Waals surface area (Å²) >= 11 is 3.10. The van der Waals surface area contributed by atoms with Crippen molar-refractivity contribution in [2.75, 3.05) is 0 Å². The molecule has 1 amide bonds. The molecule has 1 heterocycles. The van der Waals surface area contributed by atoms with Crippen LogP contribution in [0.15, 0.2) is 28.9 Å². The molecule has 1 atom stereocenters. The van der Waals surface area contributed by atoms with Crippen molar-refractivity contribution < 1.29 is 13.6 Å². The Kier molecular flexibility index (Phi) is 4.10. The molecular formula is C12H7BrF2N4O. The number of hydrogen-bond donors (Lipinski definition) is 2. The van der Waals surface area contributed by atoms with E-state index in [1.54, 1.807) is 6.07 Å². The molecule has 0 aliphatic carbocycles. The van der Waals surface area contributed by atoms with Crippen LogP contribution in [0.1, 0.15) is 22.1 Å². The van der Waals surface area contributed by atoms with E-state index in [2.05, 4.69) is 31.4 Å². The highest BCUT2D eigenvalue weighted by Gasteiger charge is 2.21. The lowest BCUT2D eigenvalue weighted by Crippen LogP contribution is -2.28. The lowest BCUT2D eigenvalue weighted by molar-refractivity contribution is 0.0939. The predicted molar refractivity (Wildman–Crippen MR) is 68.5 cm³/mol. The Labute approximate surface area is 120 Å². The first-order chi connectivity index (χ1) is 9.52. The van der Waals surface area contributed by atoms with E-state index in [0.717, 1.165) is 12.1 Å². The number of hydrogen-bond acceptors (Lipinski definition) is 3. The van der Waals surface area contributed by atoms with Crippen molar-refractivity contribution >= 4 is 21.8 Å². The van der Waals surface area contributed by atoms with Gasteiger partial charge in [-0.2, -0.15) is 10.4 Å². The number of H-pyrrole nitrogens is 1. The Morgan fingerprint density at radius 3 is 2.80 bits per heavy atom. The molecule has 2 N–H and O–H groups in total. The largest absolute Gasteiger partial charge is 0.331 e. The van der Waals surface area contributed by atoms with Crippen LogP contribution in [0.2, 0.25) is 0 Å². The minimum Gasteiger partial charge on any atom is -0.331 e. The fraction of sp³-hybridized carbons (Fsp3) is 0.0833. The maximum atomic E-state index is 13.6. The third-order valence-corrected chi connectivity index (χ3v) is 3.10. The van der Waals surface area contributed by atoms with Crippen LogP contribution in [0.5, 0.6) is 0 Å². The standard InChI is InChI=1S/C12H7BrF2N4O/c13-8-5-17-19-11(8)12(20)18-10(4-16)7-2-1-6(14)3-9(7)15/h1-3,5,10H,(H,17,19)(H,18,20)/t10-/m0/s1. The number of carbonyl (C=O) groups excluding carboxylic acids is 1. The second-order valence-electron chi connectivity index (χ2n) is 3.79. The van der Waals surface area contributed by atoms with Crippen LogP contribution < -0.4 is 5.32 Å². The number of nitriles is 1. The number of amides is 1. The van der Waals surface area contributed by atoms with Gasteiger partial charge in [0.25, 0.3) is 5.91 Å². The van der Waals surface area contributed by atoms with Crippen molar-refractivity contribution in [2.24, 2.45) is 0 Å². The van der Waals surface area contributed by atoms with Gasteiger partial charge in [-0.25, -0.2) is 8.78 Å². The van der Waals surface area contributed by atoms with Gasteiger partial charge in [0.05, 0.1) is 16.7 Å². The first-order valence-corrected chi connectivity index (χ1v) is 6.16. The van der Waals surface area contributed by atoms with Gasteiger partial charge in [-0.05, 0) is 22.0 Å². The Balaban J connectivity index is 2.24. The Hall–Kier alpha value is -2.27. The summed E-state index contributed by atoms with van der Waals surface area (Å²) in [4.78, 5) is 11.9. The van der Waals surface area contributed by atoms with E-state index >= 15 is 0 Å². The van der Waals surface area contributed by atoms with E-state index in [4.69, 9.17) is 5.26 Å². The predicted octanol–water partition coefficient (Wildman–Crippen LogP) is 2.45. The quantitative estimate of drug-likeness (QED) is 0.900. The van der Waals surface area contributed by atoms with Crippen molar-refractivity contribution in [1.29, 1.82) is 5.26 Å². The van der Waals surface area contributed by atoms with Crippen molar-refractivity contribution in [2.45, 2.75) is 6.04 Å². The molecule has 1 aromatic heterocycles. The van der Waals surface area contributed by atoms with Crippen LogP contribution in [-0.4, -0.2) is 16.1 Å². The van der Waals surface area contributed by atoms with Gasteiger partial charge in [0.1, 0.15) is 23.4 Å². The Morgan fingerprint density at radius 2 is 2.25 bits per heavy atom. The van der Waals surface area contributed by atoms with Crippen molar-refractivity contribution in [1.82, 2.24) is 15.5 Å². The van der Waals surface area contributed by atoms with Gasteiger partial charge in [-0.15, -0.1) is 0 Å². The summed E-state index contributed by atoms with van der Waals surface area (Å²) in [6.45, 7) is 0. The third kappa shape index (κ3) is 2.83. The maximum Gasteiger partial charge on any atom is 0.271 e. The topological polar surface area (TPSA) is 81.6 Å². The number of halogens is 3. The monoisotopic (exact) mass is 340 g/mol. The number of carbonyl (C=O) groups is 1. The van der Waals surface area contributed by atoms with Gasteiger partial charge in [-0.1, -0.05) is 6.07 Å². The van der Waals surface area contributed by atoms with E-state index in [1.807, 2.05) is 0 Å². The zero-order chi connectivity index (χ0) is 14.7. The fourth-order valence-corrected chi connectivity index (χ4v) is 1.92. The van der Waals surface area contributed by atoms with E-state index in [-0.39, 0.29) is 11.3 Å². The number of aromatic nitrogens is 2. The molecule has 0 spiro atoms. The van der Waals surface area contributed by atoms with Crippen LogP contribution >= 0.6 is 15.9 Å². The third-order valence-electron chi connectivity index (χ3n) is 2.50. The summed E-state index contributed by atoms with van der Waals surface area (Å²) in [5, 5.41) is 17.4. The number of aromatic amines is 1. The molecule has 0 unspecified atom stereocenters. The van der Waals surface area contributed by atoms with Crippen molar-refractivity contribution in [3.63, 3.8) is 0 Å². The highest BCUT2D eigenvalue weighted by atomic mass is 79.9. The number of nitrogens with one attached hydrogen (secondary N) is 2. The second-order valence-corrected chi connectivity index (χ2v) is 4.65. The van der Waals surface area contributed by atoms with Crippen molar-refractivity contribution in [3.05, 3.63) is 51.8 Å². The lowest BCUT2D eigenvalue weighted by Gasteiger charge is -2.12. The Morgan fingerprint density at radius 1 is 1.50 bits per heavy atom. The molecule has 102 valence electrons. The summed E-state index contributed by atoms with van der Waals surface area (Å²) in [5.41, 5.74) is -0.00865. The van der Waals surface area contributed by atoms with Gasteiger partial charge in [0.15, 0.2) is 0 Å². The maximum absolute atomic E-state index is 13.6. The molecule has 2 aromatic rings. The molecule has 0 aliphatic heterocycles. The van der Waals surface area contributed by atoms with Crippen LogP contribution in [0, 0.1) is 23.0 Å². The average Bonchev–Trinajstić information content (AvgIpc) is 2.83. The van der Waals surface area contributed by atoms with Crippen LogP contribution in [0.3, 0.4) is 0 Å². The molecule has 0 fully saturated rings. The van der Waals surface area contributed by atoms with Gasteiger partial charge in [0, 0.05) is 11.6 Å². The van der Waals surface area contributed by atoms with Gasteiger partial charge >= 0.3 is 0 Å². The summed E-state index contributed by atoms with van der Waals surface area (Å²) < 4.78 is 26.8. The number of rotatable bonds is 3. The molecule has 0 saturated heterocycles. The highest BCUT2D eigenvalue weighted by molar-refractivity contribution is 9.10. The molecule has 0 bridgehead atoms. The molecule has 1 aromatic carbocycles. The molecule has 8 heteroatoms. The molecule has 5 nitrogen and oxygen atoms in total. The Bertz CT molecular complexity index is 695. The molecule has 2 rings (SSSR count). The minimum absolute atomic E-state index is 0.104. The molecule has 0 radical (unpaired) electrons. The first kappa shape index (κ1) is 14.1. The van der Waals surface area contributed by atoms with Gasteiger partial charge in [0.2, 0.25) is 0 Å². The van der Waals surface area contributed by atoms with Crippen LogP contribution in [0.25, 0.3) is 0 Å². The summed E-state index contributed by atoms with van der Waals surface area (Å²) in [7, 11) is 0. The SMILES string of the molecule is N#C[C@H](NC(=O)c1[nH]ncc1Br)c1ccc(F)cc1F. The molecule has 0 aliphatic rings. The highest BCUT2D eigenvalue weighted by Crippen LogP contribution is 2.19.